The number of rotatable bonds is 7. The Bertz CT molecular complexity index is 532. The van der Waals surface area contributed by atoms with Crippen LogP contribution in [0.5, 0.6) is 0 Å². The molecule has 0 bridgehead atoms. The van der Waals surface area contributed by atoms with Crippen molar-refractivity contribution >= 4 is 17.7 Å². The lowest BCUT2D eigenvalue weighted by Gasteiger charge is -2.10. The summed E-state index contributed by atoms with van der Waals surface area (Å²) in [6.07, 6.45) is 3.20. The lowest BCUT2D eigenvalue weighted by molar-refractivity contribution is 0.0693. The molecule has 0 radical (unpaired) electrons. The van der Waals surface area contributed by atoms with Crippen molar-refractivity contribution in [3.8, 4) is 0 Å². The molecule has 1 aromatic rings. The second kappa shape index (κ2) is 7.03. The number of aromatic carboxylic acids is 1. The summed E-state index contributed by atoms with van der Waals surface area (Å²) in [5.74, 6) is -2.30. The number of halogens is 1. The van der Waals surface area contributed by atoms with E-state index < -0.39 is 23.4 Å². The van der Waals surface area contributed by atoms with Gasteiger partial charge in [-0.2, -0.15) is 0 Å². The molecule has 2 amide bonds. The Hall–Kier alpha value is -2.15. The summed E-state index contributed by atoms with van der Waals surface area (Å²) < 4.78 is 13.4. The number of hydrogen-bond acceptors (Lipinski definition) is 3. The smallest absolute Gasteiger partial charge is 0.340 e. The van der Waals surface area contributed by atoms with Crippen LogP contribution in [0.3, 0.4) is 0 Å². The summed E-state index contributed by atoms with van der Waals surface area (Å²) in [5, 5.41) is 17.2. The molecule has 1 aliphatic carbocycles. The van der Waals surface area contributed by atoms with Crippen LogP contribution in [0.1, 0.15) is 29.6 Å². The Balaban J connectivity index is 1.78. The molecule has 1 aromatic carbocycles. The first-order valence-electron chi connectivity index (χ1n) is 6.88. The van der Waals surface area contributed by atoms with Crippen LogP contribution in [-0.2, 0) is 0 Å². The van der Waals surface area contributed by atoms with E-state index in [1.54, 1.807) is 0 Å². The summed E-state index contributed by atoms with van der Waals surface area (Å²) in [6.45, 7) is 1.29. The van der Waals surface area contributed by atoms with Gasteiger partial charge in [0.05, 0.1) is 5.69 Å². The summed E-state index contributed by atoms with van der Waals surface area (Å²) in [5.41, 5.74) is -0.598. The monoisotopic (exact) mass is 295 g/mol. The first-order chi connectivity index (χ1) is 10.1. The van der Waals surface area contributed by atoms with Crippen molar-refractivity contribution in [2.75, 3.05) is 18.4 Å². The number of anilines is 1. The zero-order chi connectivity index (χ0) is 15.2. The minimum atomic E-state index is -1.42. The van der Waals surface area contributed by atoms with E-state index >= 15 is 0 Å². The van der Waals surface area contributed by atoms with Crippen LogP contribution >= 0.6 is 0 Å². The molecule has 4 N–H and O–H groups in total. The highest BCUT2D eigenvalue weighted by molar-refractivity contribution is 6.00. The van der Waals surface area contributed by atoms with Crippen LogP contribution in [-0.4, -0.2) is 36.2 Å². The van der Waals surface area contributed by atoms with Crippen molar-refractivity contribution in [3.63, 3.8) is 0 Å². The van der Waals surface area contributed by atoms with E-state index in [0.29, 0.717) is 12.6 Å². The van der Waals surface area contributed by atoms with Crippen LogP contribution in [0.4, 0.5) is 14.9 Å². The maximum atomic E-state index is 13.4. The molecule has 21 heavy (non-hydrogen) atoms. The number of benzene rings is 1. The maximum absolute atomic E-state index is 13.4. The number of urea groups is 1. The summed E-state index contributed by atoms with van der Waals surface area (Å²) in [4.78, 5) is 22.6. The summed E-state index contributed by atoms with van der Waals surface area (Å²) in [7, 11) is 0. The summed E-state index contributed by atoms with van der Waals surface area (Å²) >= 11 is 0. The van der Waals surface area contributed by atoms with Gasteiger partial charge in [-0.15, -0.1) is 0 Å². The average molecular weight is 295 g/mol. The Morgan fingerprint density at radius 3 is 2.71 bits per heavy atom. The normalized spacial score (nSPS) is 13.8. The van der Waals surface area contributed by atoms with E-state index in [0.717, 1.165) is 19.0 Å². The molecule has 1 saturated carbocycles. The minimum absolute atomic E-state index is 0.0592. The van der Waals surface area contributed by atoms with Crippen molar-refractivity contribution in [2.24, 2.45) is 0 Å². The van der Waals surface area contributed by atoms with Gasteiger partial charge in [-0.1, -0.05) is 6.07 Å². The molecule has 0 spiro atoms. The highest BCUT2D eigenvalue weighted by Gasteiger charge is 2.19. The van der Waals surface area contributed by atoms with Gasteiger partial charge in [-0.05, 0) is 37.9 Å². The third kappa shape index (κ3) is 4.71. The second-order valence-corrected chi connectivity index (χ2v) is 4.93. The number of carbonyl (C=O) groups excluding carboxylic acids is 1. The zero-order valence-electron chi connectivity index (χ0n) is 11.5. The van der Waals surface area contributed by atoms with E-state index in [-0.39, 0.29) is 5.69 Å². The number of amides is 2. The van der Waals surface area contributed by atoms with Crippen LogP contribution in [0.25, 0.3) is 0 Å². The second-order valence-electron chi connectivity index (χ2n) is 4.93. The van der Waals surface area contributed by atoms with Crippen LogP contribution < -0.4 is 16.0 Å². The minimum Gasteiger partial charge on any atom is -0.478 e. The van der Waals surface area contributed by atoms with Crippen molar-refractivity contribution in [1.29, 1.82) is 0 Å². The molecule has 2 rings (SSSR count). The molecule has 114 valence electrons. The van der Waals surface area contributed by atoms with Gasteiger partial charge < -0.3 is 21.1 Å². The van der Waals surface area contributed by atoms with Gasteiger partial charge in [0.15, 0.2) is 0 Å². The Labute approximate surface area is 121 Å². The van der Waals surface area contributed by atoms with Gasteiger partial charge in [-0.3, -0.25) is 0 Å². The fourth-order valence-corrected chi connectivity index (χ4v) is 1.90. The van der Waals surface area contributed by atoms with E-state index in [9.17, 15) is 14.0 Å². The van der Waals surface area contributed by atoms with E-state index in [1.807, 2.05) is 0 Å². The largest absolute Gasteiger partial charge is 0.478 e. The average Bonchev–Trinajstić information content (AvgIpc) is 3.22. The Kier molecular flexibility index (Phi) is 5.10. The number of carboxylic acid groups (broad SMARTS) is 1. The number of nitrogens with one attached hydrogen (secondary N) is 3. The van der Waals surface area contributed by atoms with E-state index in [2.05, 4.69) is 16.0 Å². The van der Waals surface area contributed by atoms with Crippen molar-refractivity contribution in [2.45, 2.75) is 25.3 Å². The maximum Gasteiger partial charge on any atom is 0.340 e. The number of hydrogen-bond donors (Lipinski definition) is 4. The van der Waals surface area contributed by atoms with Gasteiger partial charge in [0.25, 0.3) is 0 Å². The van der Waals surface area contributed by atoms with Gasteiger partial charge in [0.1, 0.15) is 11.4 Å². The standard InChI is InChI=1S/C14H18FN3O3/c15-10-3-1-4-11(12(10)13(19)20)18-14(21)17-8-2-7-16-9-5-6-9/h1,3-4,9,16H,2,5-8H2,(H,19,20)(H2,17,18,21). The highest BCUT2D eigenvalue weighted by atomic mass is 19.1. The van der Waals surface area contributed by atoms with E-state index in [1.165, 1.54) is 25.0 Å². The molecular formula is C14H18FN3O3. The third-order valence-electron chi connectivity index (χ3n) is 3.13. The van der Waals surface area contributed by atoms with Gasteiger partial charge in [0.2, 0.25) is 0 Å². The quantitative estimate of drug-likeness (QED) is 0.577. The highest BCUT2D eigenvalue weighted by Crippen LogP contribution is 2.19. The van der Waals surface area contributed by atoms with Crippen LogP contribution in [0.15, 0.2) is 18.2 Å². The first-order valence-corrected chi connectivity index (χ1v) is 6.88. The SMILES string of the molecule is O=C(NCCCNC1CC1)Nc1cccc(F)c1C(=O)O. The molecule has 0 atom stereocenters. The predicted molar refractivity (Wildman–Crippen MR) is 76.0 cm³/mol. The number of carboxylic acids is 1. The van der Waals surface area contributed by atoms with Crippen molar-refractivity contribution in [3.05, 3.63) is 29.6 Å². The fourth-order valence-electron chi connectivity index (χ4n) is 1.90. The van der Waals surface area contributed by atoms with Gasteiger partial charge in [0, 0.05) is 12.6 Å². The van der Waals surface area contributed by atoms with Gasteiger partial charge in [-0.25, -0.2) is 14.0 Å². The summed E-state index contributed by atoms with van der Waals surface area (Å²) in [6, 6.07) is 3.81. The Morgan fingerprint density at radius 2 is 2.05 bits per heavy atom. The molecule has 1 aliphatic rings. The molecule has 6 nitrogen and oxygen atoms in total. The molecule has 7 heteroatoms. The van der Waals surface area contributed by atoms with Crippen molar-refractivity contribution < 1.29 is 19.1 Å². The molecule has 0 unspecified atom stereocenters. The van der Waals surface area contributed by atoms with Crippen LogP contribution in [0.2, 0.25) is 0 Å². The molecule has 0 aromatic heterocycles. The van der Waals surface area contributed by atoms with Crippen molar-refractivity contribution in [1.82, 2.24) is 10.6 Å². The molecule has 0 aliphatic heterocycles. The third-order valence-corrected chi connectivity index (χ3v) is 3.13. The molecular weight excluding hydrogens is 277 g/mol. The Morgan fingerprint density at radius 1 is 1.29 bits per heavy atom. The molecule has 0 heterocycles. The zero-order valence-corrected chi connectivity index (χ0v) is 11.5. The van der Waals surface area contributed by atoms with E-state index in [4.69, 9.17) is 5.11 Å². The topological polar surface area (TPSA) is 90.5 Å². The lowest BCUT2D eigenvalue weighted by Crippen LogP contribution is -2.32. The predicted octanol–water partition coefficient (Wildman–Crippen LogP) is 1.79. The first kappa shape index (κ1) is 15.2. The molecule has 1 fully saturated rings. The number of carbonyl (C=O) groups is 2. The fraction of sp³-hybridized carbons (Fsp3) is 0.429. The molecule has 0 saturated heterocycles. The van der Waals surface area contributed by atoms with Crippen LogP contribution in [0, 0.1) is 5.82 Å². The lowest BCUT2D eigenvalue weighted by atomic mass is 10.1. The van der Waals surface area contributed by atoms with Gasteiger partial charge >= 0.3 is 12.0 Å².